The van der Waals surface area contributed by atoms with E-state index in [-0.39, 0.29) is 12.0 Å². The van der Waals surface area contributed by atoms with Gasteiger partial charge in [-0.1, -0.05) is 18.2 Å². The first-order valence-corrected chi connectivity index (χ1v) is 16.2. The van der Waals surface area contributed by atoms with E-state index in [2.05, 4.69) is 0 Å². The molecule has 2 aliphatic heterocycles. The Bertz CT molecular complexity index is 1830. The number of hydrogen-bond acceptors (Lipinski definition) is 11. The van der Waals surface area contributed by atoms with E-state index in [4.69, 9.17) is 47.4 Å². The molecule has 2 heterocycles. The molecule has 4 aromatic carbocycles. The molecule has 0 spiro atoms. The van der Waals surface area contributed by atoms with Crippen molar-refractivity contribution in [2.45, 2.75) is 44.0 Å². The molecule has 6 rings (SSSR count). The van der Waals surface area contributed by atoms with Crippen LogP contribution in [0.2, 0.25) is 0 Å². The highest BCUT2D eigenvalue weighted by molar-refractivity contribution is 5.68. The number of fused-ring (bicyclic) bond motifs is 2. The monoisotopic (exact) mass is 686 g/mol. The van der Waals surface area contributed by atoms with Gasteiger partial charge in [-0.15, -0.1) is 0 Å². The standard InChI is InChI=1S/C39H42O11/c1-21(40)48-35-19-28-30(43-4)20-32(44-5)36(38(28)50-37(35)23-15-33(45-6)39(47-8)34(16-23)46-7)27-18-29(22-9-11-24(41-2)12-10-22)49-31-17-25(42-3)13-14-26(27)31/h9-17,20,27,29,35,37H,18-19H2,1-8H3/t27-,29-,35+,37+/m0/s1. The summed E-state index contributed by atoms with van der Waals surface area (Å²) in [4.78, 5) is 12.5. The van der Waals surface area contributed by atoms with Gasteiger partial charge in [0.1, 0.15) is 46.7 Å². The third kappa shape index (κ3) is 6.35. The number of hydrogen-bond donors (Lipinski definition) is 0. The summed E-state index contributed by atoms with van der Waals surface area (Å²) in [5.74, 6) is 4.43. The van der Waals surface area contributed by atoms with Gasteiger partial charge in [0.25, 0.3) is 0 Å². The summed E-state index contributed by atoms with van der Waals surface area (Å²) in [6.07, 6.45) is -0.931. The lowest BCUT2D eigenvalue weighted by Gasteiger charge is -2.39. The topological polar surface area (TPSA) is 109 Å². The summed E-state index contributed by atoms with van der Waals surface area (Å²) in [7, 11) is 11.1. The van der Waals surface area contributed by atoms with Crippen molar-refractivity contribution in [3.05, 3.63) is 88.5 Å². The molecule has 11 heteroatoms. The number of esters is 1. The van der Waals surface area contributed by atoms with Gasteiger partial charge in [0.15, 0.2) is 17.6 Å². The fourth-order valence-electron chi connectivity index (χ4n) is 6.93. The van der Waals surface area contributed by atoms with Gasteiger partial charge in [0.2, 0.25) is 5.75 Å². The molecule has 264 valence electrons. The Hall–Kier alpha value is -5.45. The number of benzene rings is 4. The molecule has 0 bridgehead atoms. The van der Waals surface area contributed by atoms with Crippen molar-refractivity contribution >= 4 is 5.97 Å². The van der Waals surface area contributed by atoms with Crippen molar-refractivity contribution in [3.63, 3.8) is 0 Å². The van der Waals surface area contributed by atoms with Gasteiger partial charge in [0, 0.05) is 53.6 Å². The molecule has 4 atom stereocenters. The lowest BCUT2D eigenvalue weighted by molar-refractivity contribution is -0.152. The van der Waals surface area contributed by atoms with Crippen LogP contribution in [-0.4, -0.2) is 61.8 Å². The number of carbonyl (C=O) groups excluding carboxylic acids is 1. The average molecular weight is 687 g/mol. The van der Waals surface area contributed by atoms with Gasteiger partial charge >= 0.3 is 5.97 Å². The second-order valence-electron chi connectivity index (χ2n) is 11.9. The molecule has 0 fully saturated rings. The van der Waals surface area contributed by atoms with Crippen LogP contribution in [0.1, 0.15) is 59.3 Å². The van der Waals surface area contributed by atoms with Gasteiger partial charge in [0.05, 0.1) is 49.8 Å². The second-order valence-corrected chi connectivity index (χ2v) is 11.9. The molecular formula is C39H42O11. The smallest absolute Gasteiger partial charge is 0.303 e. The van der Waals surface area contributed by atoms with Crippen molar-refractivity contribution in [1.29, 1.82) is 0 Å². The zero-order valence-corrected chi connectivity index (χ0v) is 29.5. The maximum absolute atomic E-state index is 12.5. The van der Waals surface area contributed by atoms with Crippen molar-refractivity contribution in [2.24, 2.45) is 0 Å². The molecular weight excluding hydrogens is 644 g/mol. The molecule has 0 amide bonds. The summed E-state index contributed by atoms with van der Waals surface area (Å²) in [6, 6.07) is 19.2. The summed E-state index contributed by atoms with van der Waals surface area (Å²) < 4.78 is 59.5. The van der Waals surface area contributed by atoms with Gasteiger partial charge in [-0.3, -0.25) is 4.79 Å². The predicted octanol–water partition coefficient (Wildman–Crippen LogP) is 7.01. The highest BCUT2D eigenvalue weighted by Crippen LogP contribution is 2.56. The molecule has 0 saturated carbocycles. The van der Waals surface area contributed by atoms with E-state index in [0.717, 1.165) is 28.0 Å². The fraction of sp³-hybridized carbons (Fsp3) is 0.359. The van der Waals surface area contributed by atoms with E-state index < -0.39 is 18.2 Å². The Labute approximate surface area is 291 Å². The van der Waals surface area contributed by atoms with Crippen LogP contribution in [0.3, 0.4) is 0 Å². The second kappa shape index (κ2) is 14.6. The highest BCUT2D eigenvalue weighted by atomic mass is 16.6. The largest absolute Gasteiger partial charge is 0.497 e. The minimum Gasteiger partial charge on any atom is -0.497 e. The first-order valence-electron chi connectivity index (χ1n) is 16.2. The number of ether oxygens (including phenoxy) is 10. The summed E-state index contributed by atoms with van der Waals surface area (Å²) in [5, 5.41) is 0. The van der Waals surface area contributed by atoms with Gasteiger partial charge in [-0.05, 0) is 42.3 Å². The fourth-order valence-corrected chi connectivity index (χ4v) is 6.93. The summed E-state index contributed by atoms with van der Waals surface area (Å²) >= 11 is 0. The van der Waals surface area contributed by atoms with Crippen LogP contribution in [0, 0.1) is 0 Å². The van der Waals surface area contributed by atoms with Gasteiger partial charge in [-0.25, -0.2) is 0 Å². The average Bonchev–Trinajstić information content (AvgIpc) is 3.15. The summed E-state index contributed by atoms with van der Waals surface area (Å²) in [5.41, 5.74) is 4.15. The van der Waals surface area contributed by atoms with E-state index in [9.17, 15) is 4.79 Å². The molecule has 0 aromatic heterocycles. The maximum atomic E-state index is 12.5. The van der Waals surface area contributed by atoms with Crippen LogP contribution in [-0.2, 0) is 16.0 Å². The highest BCUT2D eigenvalue weighted by Gasteiger charge is 2.42. The van der Waals surface area contributed by atoms with E-state index in [1.807, 2.05) is 48.5 Å². The minimum atomic E-state index is -0.761. The van der Waals surface area contributed by atoms with Crippen molar-refractivity contribution in [3.8, 4) is 51.7 Å². The lowest BCUT2D eigenvalue weighted by Crippen LogP contribution is -2.35. The third-order valence-electron chi connectivity index (χ3n) is 9.26. The molecule has 50 heavy (non-hydrogen) atoms. The molecule has 11 nitrogen and oxygen atoms in total. The Balaban J connectivity index is 1.55. The van der Waals surface area contributed by atoms with Crippen LogP contribution in [0.15, 0.2) is 60.7 Å². The van der Waals surface area contributed by atoms with E-state index >= 15 is 0 Å². The van der Waals surface area contributed by atoms with Crippen molar-refractivity contribution in [2.75, 3.05) is 49.8 Å². The molecule has 2 aliphatic rings. The van der Waals surface area contributed by atoms with Crippen molar-refractivity contribution < 1.29 is 52.2 Å². The maximum Gasteiger partial charge on any atom is 0.303 e. The Morgan fingerprint density at radius 2 is 1.30 bits per heavy atom. The van der Waals surface area contributed by atoms with E-state index in [1.165, 1.54) is 6.92 Å². The minimum absolute atomic E-state index is 0.253. The molecule has 0 radical (unpaired) electrons. The first kappa shape index (κ1) is 34.4. The molecule has 0 aliphatic carbocycles. The van der Waals surface area contributed by atoms with E-state index in [1.54, 1.807) is 61.9 Å². The van der Waals surface area contributed by atoms with Crippen LogP contribution in [0.5, 0.6) is 51.7 Å². The molecule has 0 unspecified atom stereocenters. The van der Waals surface area contributed by atoms with Gasteiger partial charge in [-0.2, -0.15) is 0 Å². The molecule has 0 saturated heterocycles. The zero-order valence-electron chi connectivity index (χ0n) is 29.5. The zero-order chi connectivity index (χ0) is 35.5. The Morgan fingerprint density at radius 3 is 1.88 bits per heavy atom. The van der Waals surface area contributed by atoms with Gasteiger partial charge < -0.3 is 47.4 Å². The van der Waals surface area contributed by atoms with Crippen molar-refractivity contribution in [1.82, 2.24) is 0 Å². The van der Waals surface area contributed by atoms with Crippen LogP contribution in [0.4, 0.5) is 0 Å². The SMILES string of the molecule is COc1ccc([C@@H]2C[C@H](c3c(OC)cc(OC)c4c3O[C@H](c3cc(OC)c(OC)c(OC)c3)[C@H](OC(C)=O)C4)c3ccc(OC)cc3O2)cc1. The molecule has 0 N–H and O–H groups in total. The first-order chi connectivity index (χ1) is 24.3. The molecule has 4 aromatic rings. The van der Waals surface area contributed by atoms with Crippen LogP contribution < -0.4 is 42.6 Å². The summed E-state index contributed by atoms with van der Waals surface area (Å²) in [6.45, 7) is 1.38. The quantitative estimate of drug-likeness (QED) is 0.152. The van der Waals surface area contributed by atoms with Crippen LogP contribution in [0.25, 0.3) is 0 Å². The Kier molecular flexibility index (Phi) is 10.0. The van der Waals surface area contributed by atoms with Crippen LogP contribution >= 0.6 is 0 Å². The lowest BCUT2D eigenvalue weighted by atomic mass is 9.79. The third-order valence-corrected chi connectivity index (χ3v) is 9.26. The number of carbonyl (C=O) groups is 1. The predicted molar refractivity (Wildman–Crippen MR) is 184 cm³/mol. The van der Waals surface area contributed by atoms with E-state index in [0.29, 0.717) is 64.4 Å². The number of methoxy groups -OCH3 is 7. The number of rotatable bonds is 11. The Morgan fingerprint density at radius 1 is 0.660 bits per heavy atom. The normalized spacial score (nSPS) is 19.0.